The maximum absolute atomic E-state index is 13.0. The predicted molar refractivity (Wildman–Crippen MR) is 159 cm³/mol. The van der Waals surface area contributed by atoms with Gasteiger partial charge < -0.3 is 18.9 Å². The van der Waals surface area contributed by atoms with Crippen molar-refractivity contribution in [3.05, 3.63) is 108 Å². The van der Waals surface area contributed by atoms with E-state index in [1.165, 1.54) is 12.1 Å². The molecule has 0 unspecified atom stereocenters. The Morgan fingerprint density at radius 1 is 0.833 bits per heavy atom. The smallest absolute Gasteiger partial charge is 0.463 e. The van der Waals surface area contributed by atoms with E-state index < -0.39 is 18.1 Å². The summed E-state index contributed by atoms with van der Waals surface area (Å²) in [6.07, 6.45) is 3.21. The summed E-state index contributed by atoms with van der Waals surface area (Å²) >= 11 is 1.12. The third-order valence-electron chi connectivity index (χ3n) is 6.62. The molecule has 0 saturated carbocycles. The third kappa shape index (κ3) is 7.36. The summed E-state index contributed by atoms with van der Waals surface area (Å²) < 4.78 is 20.0. The zero-order valence-electron chi connectivity index (χ0n) is 23.1. The van der Waals surface area contributed by atoms with Crippen LogP contribution in [0.15, 0.2) is 91.1 Å². The quantitative estimate of drug-likeness (QED) is 0.0406. The van der Waals surface area contributed by atoms with E-state index in [0.717, 1.165) is 57.7 Å². The van der Waals surface area contributed by atoms with Crippen LogP contribution in [0, 0.1) is 0 Å². The van der Waals surface area contributed by atoms with Crippen molar-refractivity contribution >= 4 is 35.0 Å². The second kappa shape index (κ2) is 14.3. The van der Waals surface area contributed by atoms with E-state index in [1.54, 1.807) is 18.2 Å². The number of hydrogen-bond donors (Lipinski definition) is 0. The fraction of sp³-hybridized carbons (Fsp3) is 0.212. The lowest BCUT2D eigenvalue weighted by molar-refractivity contribution is -0.137. The number of rotatable bonds is 12. The van der Waals surface area contributed by atoms with Crippen molar-refractivity contribution in [2.75, 3.05) is 13.2 Å². The molecule has 0 N–H and O–H groups in total. The molecule has 4 rings (SSSR count). The van der Waals surface area contributed by atoms with E-state index in [9.17, 15) is 19.2 Å². The van der Waals surface area contributed by atoms with E-state index in [1.807, 2.05) is 30.3 Å². The first-order valence-corrected chi connectivity index (χ1v) is 14.2. The Labute approximate surface area is 248 Å². The molecule has 0 aliphatic heterocycles. The summed E-state index contributed by atoms with van der Waals surface area (Å²) in [6, 6.07) is 17.8. The first-order chi connectivity index (χ1) is 20.3. The van der Waals surface area contributed by atoms with Crippen LogP contribution in [0.3, 0.4) is 0 Å². The van der Waals surface area contributed by atoms with Gasteiger partial charge in [0.05, 0.1) is 25.0 Å². The molecule has 0 radical (unpaired) electrons. The number of ether oxygens (including phenoxy) is 4. The fourth-order valence-corrected chi connectivity index (χ4v) is 5.44. The van der Waals surface area contributed by atoms with E-state index in [4.69, 9.17) is 18.9 Å². The molecule has 3 aromatic rings. The van der Waals surface area contributed by atoms with Crippen LogP contribution in [0.1, 0.15) is 63.9 Å². The van der Waals surface area contributed by atoms with E-state index in [-0.39, 0.29) is 30.0 Å². The van der Waals surface area contributed by atoms with Crippen LogP contribution in [0.25, 0.3) is 11.1 Å². The topological polar surface area (TPSA) is 105 Å². The van der Waals surface area contributed by atoms with E-state index >= 15 is 0 Å². The molecule has 42 heavy (non-hydrogen) atoms. The van der Waals surface area contributed by atoms with Gasteiger partial charge in [-0.2, -0.15) is 0 Å². The first-order valence-electron chi connectivity index (χ1n) is 13.4. The minimum Gasteiger partial charge on any atom is -0.463 e. The highest BCUT2D eigenvalue weighted by Crippen LogP contribution is 2.48. The van der Waals surface area contributed by atoms with Gasteiger partial charge in [-0.3, -0.25) is 4.79 Å². The Morgan fingerprint density at radius 3 is 2.14 bits per heavy atom. The number of fused-ring (bicyclic) bond motifs is 3. The molecule has 1 aliphatic rings. The number of thioether (sulfide) groups is 1. The average Bonchev–Trinajstić information content (AvgIpc) is 3.31. The number of esters is 2. The highest BCUT2D eigenvalue weighted by molar-refractivity contribution is 8.14. The van der Waals surface area contributed by atoms with Gasteiger partial charge in [-0.25, -0.2) is 14.4 Å². The average molecular weight is 587 g/mol. The van der Waals surface area contributed by atoms with Gasteiger partial charge in [0, 0.05) is 22.5 Å². The number of carbonyl (C=O) groups is 4. The number of carbonyl (C=O) groups excluding carboxylic acids is 4. The lowest BCUT2D eigenvalue weighted by atomic mass is 9.93. The second-order valence-corrected chi connectivity index (χ2v) is 10.3. The Bertz CT molecular complexity index is 1510. The molecular weight excluding hydrogens is 556 g/mol. The van der Waals surface area contributed by atoms with E-state index in [2.05, 4.69) is 20.1 Å². The molecule has 8 nitrogen and oxygen atoms in total. The highest BCUT2D eigenvalue weighted by Gasteiger charge is 2.29. The molecule has 0 spiro atoms. The van der Waals surface area contributed by atoms with Gasteiger partial charge in [0.15, 0.2) is 0 Å². The summed E-state index contributed by atoms with van der Waals surface area (Å²) in [6.45, 7) is 9.18. The second-order valence-electron chi connectivity index (χ2n) is 9.28. The SMILES string of the molecule is C=COC(=O)c1ccc2c(c1)[C@H](CC)c1cc(SC(=O)c3ccc(OC(=O)OCCCCOC(=O)C=C)cc3)ccc1-2. The summed E-state index contributed by atoms with van der Waals surface area (Å²) in [5, 5.41) is -0.153. The van der Waals surface area contributed by atoms with Crippen LogP contribution in [0.4, 0.5) is 4.79 Å². The van der Waals surface area contributed by atoms with E-state index in [0.29, 0.717) is 24.0 Å². The fourth-order valence-electron chi connectivity index (χ4n) is 4.65. The van der Waals surface area contributed by atoms with Gasteiger partial charge in [0.1, 0.15) is 5.75 Å². The van der Waals surface area contributed by atoms with Crippen molar-refractivity contribution in [1.29, 1.82) is 0 Å². The summed E-state index contributed by atoms with van der Waals surface area (Å²) in [7, 11) is 0. The van der Waals surface area contributed by atoms with Crippen molar-refractivity contribution in [1.82, 2.24) is 0 Å². The Hall–Kier alpha value is -4.63. The van der Waals surface area contributed by atoms with Crippen molar-refractivity contribution in [2.24, 2.45) is 0 Å². The number of unbranched alkanes of at least 4 members (excludes halogenated alkanes) is 1. The molecule has 216 valence electrons. The van der Waals surface area contributed by atoms with Gasteiger partial charge in [-0.15, -0.1) is 0 Å². The minimum absolute atomic E-state index is 0.0908. The molecule has 0 saturated heterocycles. The van der Waals surface area contributed by atoms with Crippen molar-refractivity contribution in [2.45, 2.75) is 37.0 Å². The molecular formula is C33H30O8S. The summed E-state index contributed by atoms with van der Waals surface area (Å²) in [5.74, 6) is -0.606. The van der Waals surface area contributed by atoms with Crippen LogP contribution in [0.5, 0.6) is 5.75 Å². The molecule has 1 atom stereocenters. The summed E-state index contributed by atoms with van der Waals surface area (Å²) in [4.78, 5) is 48.9. The maximum atomic E-state index is 13.0. The molecule has 9 heteroatoms. The van der Waals surface area contributed by atoms with Crippen LogP contribution in [-0.2, 0) is 19.0 Å². The molecule has 1 aliphatic carbocycles. The van der Waals surface area contributed by atoms with Crippen LogP contribution < -0.4 is 4.74 Å². The Balaban J connectivity index is 1.33. The molecule has 3 aromatic carbocycles. The van der Waals surface area contributed by atoms with Gasteiger partial charge in [0.2, 0.25) is 5.12 Å². The van der Waals surface area contributed by atoms with Gasteiger partial charge in [-0.05, 0) is 102 Å². The third-order valence-corrected chi connectivity index (χ3v) is 7.53. The van der Waals surface area contributed by atoms with Crippen LogP contribution in [0.2, 0.25) is 0 Å². The normalized spacial score (nSPS) is 12.8. The molecule has 0 aromatic heterocycles. The highest BCUT2D eigenvalue weighted by atomic mass is 32.2. The molecule has 0 heterocycles. The summed E-state index contributed by atoms with van der Waals surface area (Å²) in [5.41, 5.74) is 5.24. The number of hydrogen-bond acceptors (Lipinski definition) is 9. The van der Waals surface area contributed by atoms with Crippen LogP contribution in [-0.4, -0.2) is 36.4 Å². The van der Waals surface area contributed by atoms with Crippen molar-refractivity contribution in [3.63, 3.8) is 0 Å². The number of benzene rings is 3. The molecule has 0 fully saturated rings. The largest absolute Gasteiger partial charge is 0.513 e. The minimum atomic E-state index is -0.860. The standard InChI is InChI=1S/C33H30O8S/c1-4-25-28-19-22(31(35)38-6-3)11-15-26(28)27-16-14-24(20-29(25)27)42-32(36)21-9-12-23(13-10-21)41-33(37)40-18-8-7-17-39-30(34)5-2/h5-6,9-16,19-20,25H,2-4,7-8,17-18H2,1H3/t25-/m0/s1. The van der Waals surface area contributed by atoms with Gasteiger partial charge in [0.25, 0.3) is 0 Å². The Morgan fingerprint density at radius 2 is 1.48 bits per heavy atom. The van der Waals surface area contributed by atoms with Gasteiger partial charge >= 0.3 is 18.1 Å². The zero-order valence-corrected chi connectivity index (χ0v) is 23.9. The van der Waals surface area contributed by atoms with Crippen molar-refractivity contribution < 1.29 is 38.1 Å². The lowest BCUT2D eigenvalue weighted by Crippen LogP contribution is -2.12. The van der Waals surface area contributed by atoms with Gasteiger partial charge in [-0.1, -0.05) is 32.2 Å². The van der Waals surface area contributed by atoms with Crippen LogP contribution >= 0.6 is 11.8 Å². The molecule has 0 amide bonds. The first kappa shape index (κ1) is 30.3. The zero-order chi connectivity index (χ0) is 30.1. The maximum Gasteiger partial charge on any atom is 0.513 e. The van der Waals surface area contributed by atoms with Crippen molar-refractivity contribution in [3.8, 4) is 16.9 Å². The predicted octanol–water partition coefficient (Wildman–Crippen LogP) is 7.47. The Kier molecular flexibility index (Phi) is 10.3. The molecule has 0 bridgehead atoms. The lowest BCUT2D eigenvalue weighted by Gasteiger charge is -2.12. The monoisotopic (exact) mass is 586 g/mol.